The molecule has 1 rings (SSSR count). The Bertz CT molecular complexity index is 328. The van der Waals surface area contributed by atoms with Crippen LogP contribution in [0, 0.1) is 5.82 Å². The minimum absolute atomic E-state index is 0.0625. The molecule has 0 fully saturated rings. The highest BCUT2D eigenvalue weighted by Gasteiger charge is 2.05. The predicted octanol–water partition coefficient (Wildman–Crippen LogP) is 2.78. The standard InChI is InChI=1S/C10H12BrFN2/c1-7(11)4-14-8(2)9-3-10(12)6-13-5-9/h3,5-6,8,14H,1,4H2,2H3. The van der Waals surface area contributed by atoms with E-state index in [1.807, 2.05) is 6.92 Å². The molecular formula is C10H12BrFN2. The largest absolute Gasteiger partial charge is 0.306 e. The molecule has 0 radical (unpaired) electrons. The van der Waals surface area contributed by atoms with E-state index < -0.39 is 0 Å². The molecule has 0 aliphatic heterocycles. The summed E-state index contributed by atoms with van der Waals surface area (Å²) in [7, 11) is 0. The van der Waals surface area contributed by atoms with E-state index in [-0.39, 0.29) is 11.9 Å². The van der Waals surface area contributed by atoms with Gasteiger partial charge in [0.05, 0.1) is 6.20 Å². The zero-order valence-electron chi connectivity index (χ0n) is 7.93. The number of nitrogens with zero attached hydrogens (tertiary/aromatic N) is 1. The van der Waals surface area contributed by atoms with E-state index in [0.29, 0.717) is 6.54 Å². The van der Waals surface area contributed by atoms with Crippen molar-refractivity contribution in [2.75, 3.05) is 6.54 Å². The molecule has 0 saturated carbocycles. The molecule has 1 unspecified atom stereocenters. The maximum Gasteiger partial charge on any atom is 0.141 e. The fourth-order valence-electron chi connectivity index (χ4n) is 1.05. The molecular weight excluding hydrogens is 247 g/mol. The molecule has 1 aromatic heterocycles. The number of nitrogens with one attached hydrogen (secondary N) is 1. The lowest BCUT2D eigenvalue weighted by molar-refractivity contribution is 0.587. The van der Waals surface area contributed by atoms with Crippen LogP contribution in [0.25, 0.3) is 0 Å². The van der Waals surface area contributed by atoms with Gasteiger partial charge in [-0.3, -0.25) is 4.98 Å². The first-order valence-corrected chi connectivity index (χ1v) is 5.06. The van der Waals surface area contributed by atoms with Gasteiger partial charge in [-0.25, -0.2) is 4.39 Å². The van der Waals surface area contributed by atoms with Crippen LogP contribution >= 0.6 is 15.9 Å². The van der Waals surface area contributed by atoms with Gasteiger partial charge in [0.15, 0.2) is 0 Å². The maximum absolute atomic E-state index is 12.8. The molecule has 1 aromatic rings. The molecule has 0 spiro atoms. The van der Waals surface area contributed by atoms with Gasteiger partial charge >= 0.3 is 0 Å². The Labute approximate surface area is 91.4 Å². The minimum Gasteiger partial charge on any atom is -0.306 e. The Morgan fingerprint density at radius 3 is 3.00 bits per heavy atom. The molecule has 0 aromatic carbocycles. The number of pyridine rings is 1. The van der Waals surface area contributed by atoms with Crippen LogP contribution in [0.4, 0.5) is 4.39 Å². The smallest absolute Gasteiger partial charge is 0.141 e. The molecule has 1 atom stereocenters. The highest BCUT2D eigenvalue weighted by molar-refractivity contribution is 9.11. The quantitative estimate of drug-likeness (QED) is 0.899. The van der Waals surface area contributed by atoms with Crippen LogP contribution in [0.3, 0.4) is 0 Å². The SMILES string of the molecule is C=C(Br)CNC(C)c1cncc(F)c1. The van der Waals surface area contributed by atoms with E-state index in [1.165, 1.54) is 12.3 Å². The molecule has 0 bridgehead atoms. The normalized spacial score (nSPS) is 12.5. The summed E-state index contributed by atoms with van der Waals surface area (Å²) in [5.41, 5.74) is 0.832. The number of hydrogen-bond acceptors (Lipinski definition) is 2. The average Bonchev–Trinajstić information content (AvgIpc) is 2.14. The van der Waals surface area contributed by atoms with Crippen molar-refractivity contribution in [3.63, 3.8) is 0 Å². The van der Waals surface area contributed by atoms with Crippen LogP contribution in [0.5, 0.6) is 0 Å². The highest BCUT2D eigenvalue weighted by atomic mass is 79.9. The maximum atomic E-state index is 12.8. The Balaban J connectivity index is 2.60. The summed E-state index contributed by atoms with van der Waals surface area (Å²) in [5.74, 6) is -0.311. The fraction of sp³-hybridized carbons (Fsp3) is 0.300. The van der Waals surface area contributed by atoms with Gasteiger partial charge in [-0.1, -0.05) is 22.5 Å². The van der Waals surface area contributed by atoms with Gasteiger partial charge in [0, 0.05) is 23.3 Å². The van der Waals surface area contributed by atoms with E-state index in [0.717, 1.165) is 10.0 Å². The minimum atomic E-state index is -0.311. The predicted molar refractivity (Wildman–Crippen MR) is 58.7 cm³/mol. The zero-order valence-corrected chi connectivity index (χ0v) is 9.51. The van der Waals surface area contributed by atoms with Gasteiger partial charge < -0.3 is 5.32 Å². The third-order valence-corrected chi connectivity index (χ3v) is 2.11. The van der Waals surface area contributed by atoms with Crippen LogP contribution in [0.15, 0.2) is 29.5 Å². The van der Waals surface area contributed by atoms with Crippen molar-refractivity contribution >= 4 is 15.9 Å². The van der Waals surface area contributed by atoms with E-state index in [2.05, 4.69) is 32.8 Å². The van der Waals surface area contributed by atoms with Crippen molar-refractivity contribution < 1.29 is 4.39 Å². The molecule has 0 aliphatic carbocycles. The van der Waals surface area contributed by atoms with Crippen LogP contribution in [-0.4, -0.2) is 11.5 Å². The van der Waals surface area contributed by atoms with Gasteiger partial charge in [-0.05, 0) is 18.6 Å². The second kappa shape index (κ2) is 5.22. The van der Waals surface area contributed by atoms with Crippen molar-refractivity contribution in [3.8, 4) is 0 Å². The van der Waals surface area contributed by atoms with Crippen LogP contribution < -0.4 is 5.32 Å². The van der Waals surface area contributed by atoms with Gasteiger partial charge in [-0.15, -0.1) is 0 Å². The summed E-state index contributed by atoms with van der Waals surface area (Å²) < 4.78 is 13.7. The molecule has 1 heterocycles. The molecule has 0 aliphatic rings. The van der Waals surface area contributed by atoms with E-state index in [1.54, 1.807) is 6.20 Å². The van der Waals surface area contributed by atoms with Crippen molar-refractivity contribution in [2.24, 2.45) is 0 Å². The molecule has 0 saturated heterocycles. The van der Waals surface area contributed by atoms with Crippen molar-refractivity contribution in [1.82, 2.24) is 10.3 Å². The monoisotopic (exact) mass is 258 g/mol. The number of halogens is 2. The third-order valence-electron chi connectivity index (χ3n) is 1.83. The number of rotatable bonds is 4. The Hall–Kier alpha value is -0.740. The fourth-order valence-corrected chi connectivity index (χ4v) is 1.21. The average molecular weight is 259 g/mol. The summed E-state index contributed by atoms with van der Waals surface area (Å²) >= 11 is 3.24. The van der Waals surface area contributed by atoms with Crippen molar-refractivity contribution in [1.29, 1.82) is 0 Å². The molecule has 1 N–H and O–H groups in total. The van der Waals surface area contributed by atoms with Crippen molar-refractivity contribution in [2.45, 2.75) is 13.0 Å². The Kier molecular flexibility index (Phi) is 4.22. The Morgan fingerprint density at radius 2 is 2.43 bits per heavy atom. The van der Waals surface area contributed by atoms with Crippen LogP contribution in [0.1, 0.15) is 18.5 Å². The summed E-state index contributed by atoms with van der Waals surface area (Å²) in [6.45, 7) is 6.30. The number of hydrogen-bond donors (Lipinski definition) is 1. The lowest BCUT2D eigenvalue weighted by Crippen LogP contribution is -2.19. The number of aromatic nitrogens is 1. The molecule has 2 nitrogen and oxygen atoms in total. The summed E-state index contributed by atoms with van der Waals surface area (Å²) in [6, 6.07) is 1.54. The highest BCUT2D eigenvalue weighted by Crippen LogP contribution is 2.12. The van der Waals surface area contributed by atoms with Gasteiger partial charge in [0.25, 0.3) is 0 Å². The van der Waals surface area contributed by atoms with Crippen molar-refractivity contribution in [3.05, 3.63) is 40.9 Å². The molecule has 76 valence electrons. The lowest BCUT2D eigenvalue weighted by Gasteiger charge is -2.12. The Morgan fingerprint density at radius 1 is 1.71 bits per heavy atom. The van der Waals surface area contributed by atoms with Gasteiger partial charge in [0.1, 0.15) is 5.82 Å². The summed E-state index contributed by atoms with van der Waals surface area (Å²) in [5, 5.41) is 3.17. The third kappa shape index (κ3) is 3.55. The van der Waals surface area contributed by atoms with Crippen LogP contribution in [0.2, 0.25) is 0 Å². The first-order chi connectivity index (χ1) is 6.59. The second-order valence-electron chi connectivity index (χ2n) is 3.06. The second-order valence-corrected chi connectivity index (χ2v) is 4.18. The topological polar surface area (TPSA) is 24.9 Å². The van der Waals surface area contributed by atoms with Crippen LogP contribution in [-0.2, 0) is 0 Å². The van der Waals surface area contributed by atoms with E-state index in [9.17, 15) is 4.39 Å². The van der Waals surface area contributed by atoms with Gasteiger partial charge in [-0.2, -0.15) is 0 Å². The lowest BCUT2D eigenvalue weighted by atomic mass is 10.1. The first kappa shape index (κ1) is 11.3. The first-order valence-electron chi connectivity index (χ1n) is 4.26. The van der Waals surface area contributed by atoms with Gasteiger partial charge in [0.2, 0.25) is 0 Å². The molecule has 0 amide bonds. The van der Waals surface area contributed by atoms with E-state index >= 15 is 0 Å². The summed E-state index contributed by atoms with van der Waals surface area (Å²) in [6.07, 6.45) is 2.84. The molecule has 4 heteroatoms. The summed E-state index contributed by atoms with van der Waals surface area (Å²) in [4.78, 5) is 3.78. The zero-order chi connectivity index (χ0) is 10.6. The molecule has 14 heavy (non-hydrogen) atoms. The van der Waals surface area contributed by atoms with E-state index in [4.69, 9.17) is 0 Å².